The third-order valence-electron chi connectivity index (χ3n) is 2.80. The van der Waals surface area contributed by atoms with E-state index in [9.17, 15) is 18.0 Å². The Hall–Kier alpha value is -1.21. The standard InChI is InChI=1S/C14H18F3NO2S/c1-9(7-19)8-21-10(2)13(20)18-12-6-4-3-5-11(12)14(15,16)17/h3-6,9-10,19H,7-8H2,1-2H3,(H,18,20). The third-order valence-corrected chi connectivity index (χ3v) is 4.28. The fourth-order valence-corrected chi connectivity index (χ4v) is 2.44. The Bertz CT molecular complexity index is 480. The molecule has 0 spiro atoms. The van der Waals surface area contributed by atoms with Gasteiger partial charge in [-0.15, -0.1) is 11.8 Å². The van der Waals surface area contributed by atoms with Gasteiger partial charge in [-0.1, -0.05) is 19.1 Å². The lowest BCUT2D eigenvalue weighted by atomic mass is 10.1. The van der Waals surface area contributed by atoms with Crippen LogP contribution >= 0.6 is 11.8 Å². The first-order chi connectivity index (χ1) is 9.75. The van der Waals surface area contributed by atoms with Gasteiger partial charge in [-0.05, 0) is 30.7 Å². The van der Waals surface area contributed by atoms with E-state index >= 15 is 0 Å². The molecule has 0 aliphatic heterocycles. The number of halogens is 3. The summed E-state index contributed by atoms with van der Waals surface area (Å²) in [5.41, 5.74) is -1.10. The average Bonchev–Trinajstić information content (AvgIpc) is 2.43. The molecule has 0 aromatic heterocycles. The first-order valence-electron chi connectivity index (χ1n) is 6.45. The Morgan fingerprint density at radius 1 is 1.33 bits per heavy atom. The van der Waals surface area contributed by atoms with E-state index in [0.29, 0.717) is 5.75 Å². The highest BCUT2D eigenvalue weighted by Gasteiger charge is 2.33. The summed E-state index contributed by atoms with van der Waals surface area (Å²) in [6.45, 7) is 3.47. The highest BCUT2D eigenvalue weighted by atomic mass is 32.2. The monoisotopic (exact) mass is 321 g/mol. The predicted octanol–water partition coefficient (Wildman–Crippen LogP) is 3.39. The summed E-state index contributed by atoms with van der Waals surface area (Å²) < 4.78 is 38.4. The van der Waals surface area contributed by atoms with Gasteiger partial charge in [0.05, 0.1) is 16.5 Å². The lowest BCUT2D eigenvalue weighted by molar-refractivity contribution is -0.137. The molecule has 0 fully saturated rings. The maximum Gasteiger partial charge on any atom is 0.418 e. The number of thioether (sulfide) groups is 1. The van der Waals surface area contributed by atoms with Crippen molar-refractivity contribution in [1.82, 2.24) is 0 Å². The summed E-state index contributed by atoms with van der Waals surface area (Å²) in [5, 5.41) is 10.7. The number of anilines is 1. The van der Waals surface area contributed by atoms with Crippen molar-refractivity contribution in [3.63, 3.8) is 0 Å². The summed E-state index contributed by atoms with van der Waals surface area (Å²) in [4.78, 5) is 11.9. The largest absolute Gasteiger partial charge is 0.418 e. The Labute approximate surface area is 125 Å². The van der Waals surface area contributed by atoms with E-state index in [4.69, 9.17) is 5.11 Å². The Morgan fingerprint density at radius 2 is 1.95 bits per heavy atom. The van der Waals surface area contributed by atoms with Crippen LogP contribution < -0.4 is 5.32 Å². The number of aliphatic hydroxyl groups is 1. The number of hydrogen-bond donors (Lipinski definition) is 2. The molecule has 1 aromatic carbocycles. The minimum Gasteiger partial charge on any atom is -0.396 e. The van der Waals surface area contributed by atoms with E-state index in [1.807, 2.05) is 6.92 Å². The molecule has 7 heteroatoms. The Kier molecular flexibility index (Phi) is 6.54. The predicted molar refractivity (Wildman–Crippen MR) is 78.2 cm³/mol. The van der Waals surface area contributed by atoms with Crippen molar-refractivity contribution in [3.05, 3.63) is 29.8 Å². The van der Waals surface area contributed by atoms with Crippen molar-refractivity contribution in [2.45, 2.75) is 25.3 Å². The van der Waals surface area contributed by atoms with Crippen LogP contribution in [0.25, 0.3) is 0 Å². The quantitative estimate of drug-likeness (QED) is 0.844. The molecular formula is C14H18F3NO2S. The normalized spacial score (nSPS) is 14.6. The van der Waals surface area contributed by atoms with E-state index in [1.54, 1.807) is 6.92 Å². The molecule has 0 saturated heterocycles. The molecule has 1 amide bonds. The molecule has 118 valence electrons. The van der Waals surface area contributed by atoms with Gasteiger partial charge in [0.1, 0.15) is 0 Å². The summed E-state index contributed by atoms with van der Waals surface area (Å²) in [5.74, 6) is 0.112. The topological polar surface area (TPSA) is 49.3 Å². The Balaban J connectivity index is 2.71. The van der Waals surface area contributed by atoms with Gasteiger partial charge in [0, 0.05) is 6.61 Å². The summed E-state index contributed by atoms with van der Waals surface area (Å²) >= 11 is 1.30. The minimum absolute atomic E-state index is 0.0121. The van der Waals surface area contributed by atoms with Crippen molar-refractivity contribution in [2.24, 2.45) is 5.92 Å². The molecule has 3 nitrogen and oxygen atoms in total. The van der Waals surface area contributed by atoms with Gasteiger partial charge in [-0.2, -0.15) is 13.2 Å². The molecule has 0 aliphatic carbocycles. The molecule has 2 unspecified atom stereocenters. The number of amides is 1. The van der Waals surface area contributed by atoms with E-state index in [1.165, 1.54) is 30.0 Å². The molecule has 0 heterocycles. The van der Waals surface area contributed by atoms with Crippen molar-refractivity contribution in [2.75, 3.05) is 17.7 Å². The van der Waals surface area contributed by atoms with Crippen LogP contribution in [0.3, 0.4) is 0 Å². The molecule has 0 aliphatic rings. The van der Waals surface area contributed by atoms with E-state index in [-0.39, 0.29) is 18.2 Å². The van der Waals surface area contributed by atoms with Crippen LogP contribution in [-0.2, 0) is 11.0 Å². The molecule has 0 saturated carbocycles. The number of rotatable bonds is 6. The fourth-order valence-electron chi connectivity index (χ4n) is 1.51. The zero-order valence-corrected chi connectivity index (χ0v) is 12.6. The van der Waals surface area contributed by atoms with Crippen LogP contribution in [0.5, 0.6) is 0 Å². The molecule has 1 aromatic rings. The first kappa shape index (κ1) is 17.8. The van der Waals surface area contributed by atoms with Gasteiger partial charge >= 0.3 is 6.18 Å². The number of aliphatic hydroxyl groups excluding tert-OH is 1. The smallest absolute Gasteiger partial charge is 0.396 e. The van der Waals surface area contributed by atoms with Crippen molar-refractivity contribution >= 4 is 23.4 Å². The van der Waals surface area contributed by atoms with Crippen molar-refractivity contribution in [1.29, 1.82) is 0 Å². The fraction of sp³-hybridized carbons (Fsp3) is 0.500. The van der Waals surface area contributed by atoms with E-state index < -0.39 is 22.9 Å². The average molecular weight is 321 g/mol. The van der Waals surface area contributed by atoms with Crippen LogP contribution in [0.1, 0.15) is 19.4 Å². The van der Waals surface area contributed by atoms with Crippen LogP contribution in [0.15, 0.2) is 24.3 Å². The lowest BCUT2D eigenvalue weighted by Gasteiger charge is -2.17. The van der Waals surface area contributed by atoms with Gasteiger partial charge in [0.15, 0.2) is 0 Å². The highest BCUT2D eigenvalue weighted by molar-refractivity contribution is 8.00. The number of hydrogen-bond acceptors (Lipinski definition) is 3. The first-order valence-corrected chi connectivity index (χ1v) is 7.50. The number of alkyl halides is 3. The van der Waals surface area contributed by atoms with Crippen LogP contribution in [0.4, 0.5) is 18.9 Å². The molecule has 2 N–H and O–H groups in total. The van der Waals surface area contributed by atoms with Gasteiger partial charge in [0.2, 0.25) is 5.91 Å². The van der Waals surface area contributed by atoms with Crippen molar-refractivity contribution < 1.29 is 23.1 Å². The number of para-hydroxylation sites is 1. The van der Waals surface area contributed by atoms with Crippen LogP contribution in [-0.4, -0.2) is 28.6 Å². The van der Waals surface area contributed by atoms with Crippen LogP contribution in [0, 0.1) is 5.92 Å². The van der Waals surface area contributed by atoms with E-state index in [2.05, 4.69) is 5.32 Å². The summed E-state index contributed by atoms with van der Waals surface area (Å²) in [6.07, 6.45) is -4.51. The molecular weight excluding hydrogens is 303 g/mol. The summed E-state index contributed by atoms with van der Waals surface area (Å²) in [6, 6.07) is 4.88. The zero-order chi connectivity index (χ0) is 16.0. The highest BCUT2D eigenvalue weighted by Crippen LogP contribution is 2.34. The summed E-state index contributed by atoms with van der Waals surface area (Å²) in [7, 11) is 0. The second-order valence-electron chi connectivity index (χ2n) is 4.80. The molecule has 1 rings (SSSR count). The molecule has 21 heavy (non-hydrogen) atoms. The van der Waals surface area contributed by atoms with Crippen molar-refractivity contribution in [3.8, 4) is 0 Å². The van der Waals surface area contributed by atoms with Gasteiger partial charge in [-0.3, -0.25) is 4.79 Å². The maximum atomic E-state index is 12.8. The lowest BCUT2D eigenvalue weighted by Crippen LogP contribution is -2.25. The molecule has 2 atom stereocenters. The second kappa shape index (κ2) is 7.70. The SMILES string of the molecule is CC(CO)CSC(C)C(=O)Nc1ccccc1C(F)(F)F. The number of carbonyl (C=O) groups excluding carboxylic acids is 1. The van der Waals surface area contributed by atoms with Gasteiger partial charge in [0.25, 0.3) is 0 Å². The molecule has 0 radical (unpaired) electrons. The van der Waals surface area contributed by atoms with Gasteiger partial charge < -0.3 is 10.4 Å². The maximum absolute atomic E-state index is 12.8. The van der Waals surface area contributed by atoms with E-state index in [0.717, 1.165) is 6.07 Å². The minimum atomic E-state index is -4.51. The second-order valence-corrected chi connectivity index (χ2v) is 6.17. The van der Waals surface area contributed by atoms with Gasteiger partial charge in [-0.25, -0.2) is 0 Å². The number of nitrogens with one attached hydrogen (secondary N) is 1. The Morgan fingerprint density at radius 3 is 2.52 bits per heavy atom. The molecule has 0 bridgehead atoms. The number of carbonyl (C=O) groups is 1. The number of benzene rings is 1. The zero-order valence-electron chi connectivity index (χ0n) is 11.8. The third kappa shape index (κ3) is 5.59. The van der Waals surface area contributed by atoms with Crippen LogP contribution in [0.2, 0.25) is 0 Å².